The number of sulfonamides is 1. The lowest BCUT2D eigenvalue weighted by Gasteiger charge is -2.20. The number of benzene rings is 2. The number of anilines is 1. The van der Waals surface area contributed by atoms with Crippen LogP contribution in [0.25, 0.3) is 0 Å². The van der Waals surface area contributed by atoms with E-state index in [1.54, 1.807) is 18.2 Å². The Labute approximate surface area is 133 Å². The molecule has 0 aliphatic carbocycles. The molecule has 0 aliphatic heterocycles. The van der Waals surface area contributed by atoms with Crippen LogP contribution in [0, 0.1) is 0 Å². The molecule has 0 heterocycles. The van der Waals surface area contributed by atoms with Gasteiger partial charge in [0.05, 0.1) is 17.7 Å². The molecule has 0 N–H and O–H groups in total. The van der Waals surface area contributed by atoms with Crippen LogP contribution in [0.3, 0.4) is 0 Å². The van der Waals surface area contributed by atoms with Crippen molar-refractivity contribution in [3.05, 3.63) is 52.5 Å². The van der Waals surface area contributed by atoms with E-state index in [0.717, 1.165) is 4.31 Å². The molecule has 0 fully saturated rings. The maximum Gasteiger partial charge on any atom is 0.264 e. The lowest BCUT2D eigenvalue weighted by atomic mass is 10.3. The fourth-order valence-electron chi connectivity index (χ4n) is 1.77. The highest BCUT2D eigenvalue weighted by molar-refractivity contribution is 7.92. The number of hydrogen-bond acceptors (Lipinski definition) is 3. The molecule has 112 valence electrons. The summed E-state index contributed by atoms with van der Waals surface area (Å²) in [5, 5.41) is 0.739. The Morgan fingerprint density at radius 2 is 1.52 bits per heavy atom. The summed E-state index contributed by atoms with van der Waals surface area (Å²) >= 11 is 11.8. The van der Waals surface area contributed by atoms with Crippen LogP contribution in [0.5, 0.6) is 5.75 Å². The Balaban J connectivity index is 2.41. The molecule has 0 amide bonds. The highest BCUT2D eigenvalue weighted by Crippen LogP contribution is 2.28. The molecule has 7 heteroatoms. The summed E-state index contributed by atoms with van der Waals surface area (Å²) in [6.07, 6.45) is 0. The van der Waals surface area contributed by atoms with E-state index in [1.165, 1.54) is 38.4 Å². The summed E-state index contributed by atoms with van der Waals surface area (Å²) in [4.78, 5) is 0.155. The van der Waals surface area contributed by atoms with E-state index in [2.05, 4.69) is 0 Å². The molecule has 0 aliphatic rings. The molecule has 0 spiro atoms. The first-order valence-electron chi connectivity index (χ1n) is 5.93. The third kappa shape index (κ3) is 3.43. The first-order chi connectivity index (χ1) is 9.84. The summed E-state index contributed by atoms with van der Waals surface area (Å²) in [5.74, 6) is 0.586. The van der Waals surface area contributed by atoms with Crippen molar-refractivity contribution in [2.45, 2.75) is 4.90 Å². The van der Waals surface area contributed by atoms with E-state index in [9.17, 15) is 8.42 Å². The monoisotopic (exact) mass is 345 g/mol. The Bertz CT molecular complexity index is 725. The van der Waals surface area contributed by atoms with E-state index in [0.29, 0.717) is 21.5 Å². The lowest BCUT2D eigenvalue weighted by molar-refractivity contribution is 0.414. The zero-order chi connectivity index (χ0) is 15.6. The van der Waals surface area contributed by atoms with Gasteiger partial charge >= 0.3 is 0 Å². The second-order valence-electron chi connectivity index (χ2n) is 4.28. The Kier molecular flexibility index (Phi) is 4.66. The van der Waals surface area contributed by atoms with Crippen molar-refractivity contribution < 1.29 is 13.2 Å². The van der Waals surface area contributed by atoms with Crippen LogP contribution in [0.1, 0.15) is 0 Å². The minimum Gasteiger partial charge on any atom is -0.497 e. The fraction of sp³-hybridized carbons (Fsp3) is 0.143. The summed E-state index contributed by atoms with van der Waals surface area (Å²) < 4.78 is 31.3. The van der Waals surface area contributed by atoms with Crippen molar-refractivity contribution in [1.29, 1.82) is 0 Å². The first kappa shape index (κ1) is 15.9. The molecule has 21 heavy (non-hydrogen) atoms. The van der Waals surface area contributed by atoms with Crippen LogP contribution in [0.2, 0.25) is 10.0 Å². The van der Waals surface area contributed by atoms with E-state index in [4.69, 9.17) is 27.9 Å². The van der Waals surface area contributed by atoms with E-state index < -0.39 is 10.0 Å². The third-order valence-corrected chi connectivity index (χ3v) is 5.16. The number of ether oxygens (including phenoxy) is 1. The molecule has 4 nitrogen and oxygen atoms in total. The second kappa shape index (κ2) is 6.13. The van der Waals surface area contributed by atoms with Crippen molar-refractivity contribution >= 4 is 38.9 Å². The molecule has 2 rings (SSSR count). The normalized spacial score (nSPS) is 11.2. The largest absolute Gasteiger partial charge is 0.497 e. The number of methoxy groups -OCH3 is 1. The smallest absolute Gasteiger partial charge is 0.264 e. The quantitative estimate of drug-likeness (QED) is 0.845. The van der Waals surface area contributed by atoms with Crippen molar-refractivity contribution in [3.63, 3.8) is 0 Å². The van der Waals surface area contributed by atoms with E-state index in [1.807, 2.05) is 0 Å². The van der Waals surface area contributed by atoms with E-state index in [-0.39, 0.29) is 4.90 Å². The molecule has 0 unspecified atom stereocenters. The zero-order valence-corrected chi connectivity index (χ0v) is 13.7. The molecular formula is C14H13Cl2NO3S. The Morgan fingerprint density at radius 3 is 2.00 bits per heavy atom. The molecule has 0 aromatic heterocycles. The van der Waals surface area contributed by atoms with Gasteiger partial charge in [-0.1, -0.05) is 23.2 Å². The van der Waals surface area contributed by atoms with Crippen LogP contribution in [0.15, 0.2) is 47.4 Å². The summed E-state index contributed by atoms with van der Waals surface area (Å²) in [6.45, 7) is 0. The van der Waals surface area contributed by atoms with Crippen molar-refractivity contribution in [2.75, 3.05) is 18.5 Å². The summed E-state index contributed by atoms with van der Waals surface area (Å²) in [6, 6.07) is 10.8. The van der Waals surface area contributed by atoms with Gasteiger partial charge in [0.2, 0.25) is 0 Å². The SMILES string of the molecule is COc1ccc(S(=O)(=O)N(C)c2cc(Cl)cc(Cl)c2)cc1. The minimum atomic E-state index is -3.69. The molecule has 0 atom stereocenters. The first-order valence-corrected chi connectivity index (χ1v) is 8.13. The lowest BCUT2D eigenvalue weighted by Crippen LogP contribution is -2.26. The Morgan fingerprint density at radius 1 is 1.00 bits per heavy atom. The summed E-state index contributed by atoms with van der Waals surface area (Å²) in [5.41, 5.74) is 0.392. The van der Waals surface area contributed by atoms with E-state index >= 15 is 0 Å². The van der Waals surface area contributed by atoms with Gasteiger partial charge < -0.3 is 4.74 Å². The molecule has 0 bridgehead atoms. The van der Waals surface area contributed by atoms with Crippen molar-refractivity contribution in [2.24, 2.45) is 0 Å². The fourth-order valence-corrected chi connectivity index (χ4v) is 3.46. The standard InChI is InChI=1S/C14H13Cl2NO3S/c1-17(12-8-10(15)7-11(16)9-12)21(18,19)14-5-3-13(20-2)4-6-14/h3-9H,1-2H3. The van der Waals surface area contributed by atoms with Crippen LogP contribution < -0.4 is 9.04 Å². The third-order valence-electron chi connectivity index (χ3n) is 2.93. The van der Waals surface area contributed by atoms with Gasteiger partial charge in [-0.15, -0.1) is 0 Å². The van der Waals surface area contributed by atoms with Gasteiger partial charge in [-0.3, -0.25) is 4.31 Å². The van der Waals surface area contributed by atoms with Gasteiger partial charge in [0.1, 0.15) is 5.75 Å². The minimum absolute atomic E-state index is 0.155. The average Bonchev–Trinajstić information content (AvgIpc) is 2.45. The van der Waals surface area contributed by atoms with Gasteiger partial charge in [0.25, 0.3) is 10.0 Å². The predicted molar refractivity (Wildman–Crippen MR) is 85.0 cm³/mol. The van der Waals surface area contributed by atoms with Crippen molar-refractivity contribution in [1.82, 2.24) is 0 Å². The van der Waals surface area contributed by atoms with Gasteiger partial charge in [0.15, 0.2) is 0 Å². The summed E-state index contributed by atoms with van der Waals surface area (Å²) in [7, 11) is -0.727. The predicted octanol–water partition coefficient (Wildman–Crippen LogP) is 3.83. The van der Waals surface area contributed by atoms with Crippen molar-refractivity contribution in [3.8, 4) is 5.75 Å². The van der Waals surface area contributed by atoms with Crippen LogP contribution in [-0.4, -0.2) is 22.6 Å². The second-order valence-corrected chi connectivity index (χ2v) is 7.12. The highest BCUT2D eigenvalue weighted by atomic mass is 35.5. The maximum absolute atomic E-state index is 12.6. The Hall–Kier alpha value is -1.43. The number of rotatable bonds is 4. The molecule has 2 aromatic rings. The van der Waals surface area contributed by atoms with Gasteiger partial charge in [-0.25, -0.2) is 8.42 Å². The number of halogens is 2. The molecule has 2 aromatic carbocycles. The maximum atomic E-state index is 12.6. The van der Waals surface area contributed by atoms with Gasteiger partial charge in [-0.2, -0.15) is 0 Å². The topological polar surface area (TPSA) is 46.6 Å². The number of hydrogen-bond donors (Lipinski definition) is 0. The molecule has 0 saturated heterocycles. The number of nitrogens with zero attached hydrogens (tertiary/aromatic N) is 1. The van der Waals surface area contributed by atoms with Crippen LogP contribution >= 0.6 is 23.2 Å². The molecular weight excluding hydrogens is 333 g/mol. The average molecular weight is 346 g/mol. The van der Waals surface area contributed by atoms with Crippen LogP contribution in [0.4, 0.5) is 5.69 Å². The highest BCUT2D eigenvalue weighted by Gasteiger charge is 2.21. The van der Waals surface area contributed by atoms with Gasteiger partial charge in [0, 0.05) is 17.1 Å². The molecule has 0 radical (unpaired) electrons. The zero-order valence-electron chi connectivity index (χ0n) is 11.4. The van der Waals surface area contributed by atoms with Gasteiger partial charge in [-0.05, 0) is 42.5 Å². The molecule has 0 saturated carbocycles. The van der Waals surface area contributed by atoms with Crippen LogP contribution in [-0.2, 0) is 10.0 Å².